The Balaban J connectivity index is 1.51. The van der Waals surface area contributed by atoms with Gasteiger partial charge in [-0.1, -0.05) is 6.42 Å². The number of rotatable bonds is 3. The number of hydrogen-bond acceptors (Lipinski definition) is 4. The molecule has 0 N–H and O–H groups in total. The van der Waals surface area contributed by atoms with E-state index in [1.54, 1.807) is 0 Å². The Bertz CT molecular complexity index is 301. The third-order valence-electron chi connectivity index (χ3n) is 4.55. The van der Waals surface area contributed by atoms with Crippen LogP contribution in [0.3, 0.4) is 0 Å². The van der Waals surface area contributed by atoms with Gasteiger partial charge >= 0.3 is 0 Å². The summed E-state index contributed by atoms with van der Waals surface area (Å²) in [5.41, 5.74) is 0. The van der Waals surface area contributed by atoms with Gasteiger partial charge in [0.05, 0.1) is 19.3 Å². The molecule has 0 spiro atoms. The van der Waals surface area contributed by atoms with Gasteiger partial charge in [0.25, 0.3) is 0 Å². The first kappa shape index (κ1) is 12.6. The second-order valence-corrected chi connectivity index (χ2v) is 5.68. The molecule has 18 heavy (non-hydrogen) atoms. The van der Waals surface area contributed by atoms with Crippen LogP contribution in [0.15, 0.2) is 0 Å². The lowest BCUT2D eigenvalue weighted by atomic mass is 9.82. The molecule has 3 fully saturated rings. The second kappa shape index (κ2) is 5.68. The highest BCUT2D eigenvalue weighted by Crippen LogP contribution is 2.30. The van der Waals surface area contributed by atoms with Gasteiger partial charge in [-0.05, 0) is 45.2 Å². The average molecular weight is 253 g/mol. The van der Waals surface area contributed by atoms with E-state index in [0.717, 1.165) is 38.8 Å². The standard InChI is InChI=1S/C14H23NO3/c16-14-11(4-5-13-17-9-10-18-13)6-8-15-7-2-1-3-12(14)15/h11-13H,1-10H2/t11-,12-/m1/s1. The zero-order chi connectivity index (χ0) is 12.4. The molecule has 0 saturated carbocycles. The molecule has 3 aliphatic rings. The molecule has 0 aromatic rings. The van der Waals surface area contributed by atoms with Crippen molar-refractivity contribution in [3.8, 4) is 0 Å². The Hall–Kier alpha value is -0.450. The third-order valence-corrected chi connectivity index (χ3v) is 4.55. The lowest BCUT2D eigenvalue weighted by Gasteiger charge is -2.41. The van der Waals surface area contributed by atoms with Gasteiger partial charge < -0.3 is 9.47 Å². The molecule has 102 valence electrons. The first-order valence-corrected chi connectivity index (χ1v) is 7.35. The maximum absolute atomic E-state index is 12.4. The zero-order valence-electron chi connectivity index (χ0n) is 11.0. The van der Waals surface area contributed by atoms with Crippen molar-refractivity contribution in [1.29, 1.82) is 0 Å². The van der Waals surface area contributed by atoms with Crippen LogP contribution >= 0.6 is 0 Å². The molecule has 3 aliphatic heterocycles. The quantitative estimate of drug-likeness (QED) is 0.765. The SMILES string of the molecule is O=C1[C@H](CCC2OCCO2)CCN2CCCC[C@H]12. The number of Topliss-reactive ketones (excluding diaryl/α,β-unsaturated/α-hetero) is 1. The normalized spacial score (nSPS) is 34.8. The first-order valence-electron chi connectivity index (χ1n) is 7.35. The van der Waals surface area contributed by atoms with Crippen molar-refractivity contribution < 1.29 is 14.3 Å². The van der Waals surface area contributed by atoms with Crippen LogP contribution in [0.25, 0.3) is 0 Å². The Morgan fingerprint density at radius 2 is 1.89 bits per heavy atom. The van der Waals surface area contributed by atoms with Crippen molar-refractivity contribution >= 4 is 5.78 Å². The molecule has 3 heterocycles. The predicted octanol–water partition coefficient (Wildman–Crippen LogP) is 1.58. The van der Waals surface area contributed by atoms with Crippen LogP contribution in [0.2, 0.25) is 0 Å². The second-order valence-electron chi connectivity index (χ2n) is 5.68. The van der Waals surface area contributed by atoms with E-state index >= 15 is 0 Å². The van der Waals surface area contributed by atoms with E-state index in [1.165, 1.54) is 12.8 Å². The highest BCUT2D eigenvalue weighted by Gasteiger charge is 2.37. The monoisotopic (exact) mass is 253 g/mol. The van der Waals surface area contributed by atoms with Crippen molar-refractivity contribution in [3.63, 3.8) is 0 Å². The highest BCUT2D eigenvalue weighted by atomic mass is 16.7. The summed E-state index contributed by atoms with van der Waals surface area (Å²) in [7, 11) is 0. The van der Waals surface area contributed by atoms with E-state index < -0.39 is 0 Å². The summed E-state index contributed by atoms with van der Waals surface area (Å²) < 4.78 is 10.9. The fraction of sp³-hybridized carbons (Fsp3) is 0.929. The minimum Gasteiger partial charge on any atom is -0.350 e. The summed E-state index contributed by atoms with van der Waals surface area (Å²) in [5.74, 6) is 0.732. The molecule has 0 amide bonds. The molecule has 0 bridgehead atoms. The topological polar surface area (TPSA) is 38.8 Å². The molecule has 4 heteroatoms. The van der Waals surface area contributed by atoms with Crippen molar-refractivity contribution in [2.45, 2.75) is 50.9 Å². The number of ketones is 1. The molecule has 3 saturated heterocycles. The fourth-order valence-electron chi connectivity index (χ4n) is 3.51. The Labute approximate surface area is 109 Å². The van der Waals surface area contributed by atoms with E-state index in [0.29, 0.717) is 19.0 Å². The van der Waals surface area contributed by atoms with Crippen LogP contribution in [0.5, 0.6) is 0 Å². The van der Waals surface area contributed by atoms with E-state index in [-0.39, 0.29) is 18.2 Å². The van der Waals surface area contributed by atoms with Crippen LogP contribution in [0.1, 0.15) is 38.5 Å². The first-order chi connectivity index (χ1) is 8.84. The van der Waals surface area contributed by atoms with Crippen LogP contribution in [0.4, 0.5) is 0 Å². The van der Waals surface area contributed by atoms with E-state index in [2.05, 4.69) is 4.90 Å². The van der Waals surface area contributed by atoms with Crippen molar-refractivity contribution in [2.24, 2.45) is 5.92 Å². The molecule has 0 unspecified atom stereocenters. The van der Waals surface area contributed by atoms with Gasteiger partial charge in [-0.25, -0.2) is 0 Å². The summed E-state index contributed by atoms with van der Waals surface area (Å²) >= 11 is 0. The zero-order valence-corrected chi connectivity index (χ0v) is 11.0. The van der Waals surface area contributed by atoms with Gasteiger partial charge in [0.1, 0.15) is 0 Å². The van der Waals surface area contributed by atoms with Crippen molar-refractivity contribution in [1.82, 2.24) is 4.90 Å². The summed E-state index contributed by atoms with van der Waals surface area (Å²) in [4.78, 5) is 14.8. The molecule has 0 aromatic heterocycles. The van der Waals surface area contributed by atoms with Gasteiger partial charge in [0.2, 0.25) is 0 Å². The van der Waals surface area contributed by atoms with Crippen LogP contribution in [0, 0.1) is 5.92 Å². The smallest absolute Gasteiger partial charge is 0.157 e. The van der Waals surface area contributed by atoms with Crippen molar-refractivity contribution in [3.05, 3.63) is 0 Å². The molecular formula is C14H23NO3. The lowest BCUT2D eigenvalue weighted by Crippen LogP contribution is -2.51. The number of hydrogen-bond donors (Lipinski definition) is 0. The largest absolute Gasteiger partial charge is 0.350 e. The van der Waals surface area contributed by atoms with Gasteiger partial charge in [-0.2, -0.15) is 0 Å². The Morgan fingerprint density at radius 3 is 2.72 bits per heavy atom. The summed E-state index contributed by atoms with van der Waals surface area (Å²) in [6, 6.07) is 0.225. The molecule has 0 radical (unpaired) electrons. The maximum atomic E-state index is 12.4. The predicted molar refractivity (Wildman–Crippen MR) is 67.3 cm³/mol. The Kier molecular flexibility index (Phi) is 3.97. The number of nitrogens with zero attached hydrogens (tertiary/aromatic N) is 1. The minimum atomic E-state index is -0.0535. The fourth-order valence-corrected chi connectivity index (χ4v) is 3.51. The number of carbonyl (C=O) groups is 1. The minimum absolute atomic E-state index is 0.0535. The third kappa shape index (κ3) is 2.60. The molecule has 4 nitrogen and oxygen atoms in total. The number of fused-ring (bicyclic) bond motifs is 1. The van der Waals surface area contributed by atoms with E-state index in [4.69, 9.17) is 9.47 Å². The summed E-state index contributed by atoms with van der Waals surface area (Å²) in [5, 5.41) is 0. The lowest BCUT2D eigenvalue weighted by molar-refractivity contribution is -0.134. The Morgan fingerprint density at radius 1 is 1.06 bits per heavy atom. The van der Waals surface area contributed by atoms with Crippen molar-refractivity contribution in [2.75, 3.05) is 26.3 Å². The molecular weight excluding hydrogens is 230 g/mol. The number of piperidine rings is 2. The number of ether oxygens (including phenoxy) is 2. The van der Waals surface area contributed by atoms with Crippen LogP contribution < -0.4 is 0 Å². The van der Waals surface area contributed by atoms with Gasteiger partial charge in [0, 0.05) is 5.92 Å². The summed E-state index contributed by atoms with van der Waals surface area (Å²) in [6.07, 6.45) is 6.35. The number of carbonyl (C=O) groups excluding carboxylic acids is 1. The average Bonchev–Trinajstić information content (AvgIpc) is 2.91. The summed E-state index contributed by atoms with van der Waals surface area (Å²) in [6.45, 7) is 3.64. The van der Waals surface area contributed by atoms with Gasteiger partial charge in [-0.15, -0.1) is 0 Å². The molecule has 2 atom stereocenters. The van der Waals surface area contributed by atoms with Gasteiger partial charge in [0.15, 0.2) is 12.1 Å². The highest BCUT2D eigenvalue weighted by molar-refractivity contribution is 5.87. The molecule has 0 aliphatic carbocycles. The van der Waals surface area contributed by atoms with Crippen LogP contribution in [-0.4, -0.2) is 49.3 Å². The molecule has 0 aromatic carbocycles. The van der Waals surface area contributed by atoms with Crippen LogP contribution in [-0.2, 0) is 14.3 Å². The maximum Gasteiger partial charge on any atom is 0.157 e. The van der Waals surface area contributed by atoms with E-state index in [9.17, 15) is 4.79 Å². The van der Waals surface area contributed by atoms with Gasteiger partial charge in [-0.3, -0.25) is 9.69 Å². The van der Waals surface area contributed by atoms with E-state index in [1.807, 2.05) is 0 Å². The molecule has 3 rings (SSSR count).